The van der Waals surface area contributed by atoms with Crippen molar-refractivity contribution >= 4 is 18.0 Å². The van der Waals surface area contributed by atoms with Gasteiger partial charge < -0.3 is 15.1 Å². The molecule has 1 N–H and O–H groups in total. The maximum Gasteiger partial charge on any atom is 0.241 e. The lowest BCUT2D eigenvalue weighted by Crippen LogP contribution is -2.49. The molecule has 0 bridgehead atoms. The van der Waals surface area contributed by atoms with Gasteiger partial charge in [-0.3, -0.25) is 9.59 Å². The largest absolute Gasteiger partial charge is 0.376 e. The SMILES string of the molecule is CC(C)(C)c1ccc(NCC(=O)N2CCN(C=O)CC2)cc1. The van der Waals surface area contributed by atoms with Crippen LogP contribution in [0.3, 0.4) is 0 Å². The molecule has 0 unspecified atom stereocenters. The summed E-state index contributed by atoms with van der Waals surface area (Å²) in [6.45, 7) is 9.29. The molecule has 1 aromatic carbocycles. The van der Waals surface area contributed by atoms with Crippen molar-refractivity contribution in [3.63, 3.8) is 0 Å². The summed E-state index contributed by atoms with van der Waals surface area (Å²) in [5, 5.41) is 3.17. The number of rotatable bonds is 4. The van der Waals surface area contributed by atoms with Gasteiger partial charge in [-0.25, -0.2) is 0 Å². The van der Waals surface area contributed by atoms with Gasteiger partial charge in [-0.1, -0.05) is 32.9 Å². The first kappa shape index (κ1) is 16.3. The van der Waals surface area contributed by atoms with Gasteiger partial charge in [0, 0.05) is 31.9 Å². The van der Waals surface area contributed by atoms with E-state index >= 15 is 0 Å². The summed E-state index contributed by atoms with van der Waals surface area (Å²) in [4.78, 5) is 26.3. The molecule has 120 valence electrons. The Labute approximate surface area is 132 Å². The predicted octanol–water partition coefficient (Wildman–Crippen LogP) is 1.70. The zero-order valence-corrected chi connectivity index (χ0v) is 13.6. The Kier molecular flexibility index (Phi) is 5.06. The van der Waals surface area contributed by atoms with Gasteiger partial charge >= 0.3 is 0 Å². The monoisotopic (exact) mass is 303 g/mol. The third-order valence-corrected chi connectivity index (χ3v) is 4.01. The highest BCUT2D eigenvalue weighted by Crippen LogP contribution is 2.23. The van der Waals surface area contributed by atoms with Gasteiger partial charge in [0.15, 0.2) is 0 Å². The number of nitrogens with zero attached hydrogens (tertiary/aromatic N) is 2. The normalized spacial score (nSPS) is 15.6. The van der Waals surface area contributed by atoms with Crippen LogP contribution in [0.5, 0.6) is 0 Å². The lowest BCUT2D eigenvalue weighted by molar-refractivity contribution is -0.133. The zero-order valence-electron chi connectivity index (χ0n) is 13.6. The van der Waals surface area contributed by atoms with E-state index in [-0.39, 0.29) is 17.9 Å². The van der Waals surface area contributed by atoms with Crippen LogP contribution in [-0.4, -0.2) is 54.8 Å². The fourth-order valence-electron chi connectivity index (χ4n) is 2.45. The van der Waals surface area contributed by atoms with E-state index < -0.39 is 0 Å². The second-order valence-corrected chi connectivity index (χ2v) is 6.70. The van der Waals surface area contributed by atoms with E-state index in [1.165, 1.54) is 5.56 Å². The van der Waals surface area contributed by atoms with E-state index in [4.69, 9.17) is 0 Å². The maximum absolute atomic E-state index is 12.1. The fourth-order valence-corrected chi connectivity index (χ4v) is 2.45. The number of hydrogen-bond donors (Lipinski definition) is 1. The minimum Gasteiger partial charge on any atom is -0.376 e. The molecule has 1 heterocycles. The first-order valence-corrected chi connectivity index (χ1v) is 7.72. The third kappa shape index (κ3) is 4.23. The number of anilines is 1. The van der Waals surface area contributed by atoms with Gasteiger partial charge in [-0.2, -0.15) is 0 Å². The zero-order chi connectivity index (χ0) is 16.2. The second-order valence-electron chi connectivity index (χ2n) is 6.70. The van der Waals surface area contributed by atoms with Crippen LogP contribution in [0.15, 0.2) is 24.3 Å². The Bertz CT molecular complexity index is 512. The van der Waals surface area contributed by atoms with Crippen LogP contribution < -0.4 is 5.32 Å². The summed E-state index contributed by atoms with van der Waals surface area (Å²) in [5.74, 6) is 0.0745. The number of hydrogen-bond acceptors (Lipinski definition) is 3. The number of amides is 2. The molecule has 1 aliphatic rings. The summed E-state index contributed by atoms with van der Waals surface area (Å²) < 4.78 is 0. The molecule has 5 heteroatoms. The third-order valence-electron chi connectivity index (χ3n) is 4.01. The molecule has 22 heavy (non-hydrogen) atoms. The Hall–Kier alpha value is -2.04. The molecule has 0 saturated carbocycles. The molecule has 1 fully saturated rings. The molecule has 1 aromatic rings. The maximum atomic E-state index is 12.1. The van der Waals surface area contributed by atoms with Crippen LogP contribution in [0.1, 0.15) is 26.3 Å². The number of carbonyl (C=O) groups is 2. The van der Waals surface area contributed by atoms with Crippen LogP contribution in [0.25, 0.3) is 0 Å². The summed E-state index contributed by atoms with van der Waals surface area (Å²) in [5.41, 5.74) is 2.36. The molecule has 2 rings (SSSR count). The fraction of sp³-hybridized carbons (Fsp3) is 0.529. The average Bonchev–Trinajstić information content (AvgIpc) is 2.52. The Morgan fingerprint density at radius 3 is 2.23 bits per heavy atom. The number of piperazine rings is 1. The van der Waals surface area contributed by atoms with E-state index in [0.29, 0.717) is 26.2 Å². The van der Waals surface area contributed by atoms with Crippen molar-refractivity contribution in [3.8, 4) is 0 Å². The molecule has 0 spiro atoms. The standard InChI is InChI=1S/C17H25N3O2/c1-17(2,3)14-4-6-15(7-5-14)18-12-16(22)20-10-8-19(13-21)9-11-20/h4-7,13,18H,8-12H2,1-3H3. The molecule has 0 radical (unpaired) electrons. The van der Waals surface area contributed by atoms with Crippen LogP contribution >= 0.6 is 0 Å². The Morgan fingerprint density at radius 2 is 1.73 bits per heavy atom. The van der Waals surface area contributed by atoms with Crippen molar-refractivity contribution in [2.24, 2.45) is 0 Å². The van der Waals surface area contributed by atoms with E-state index in [9.17, 15) is 9.59 Å². The van der Waals surface area contributed by atoms with Crippen molar-refractivity contribution in [3.05, 3.63) is 29.8 Å². The molecule has 0 atom stereocenters. The molecular weight excluding hydrogens is 278 g/mol. The molecule has 1 saturated heterocycles. The van der Waals surface area contributed by atoms with Crippen LogP contribution in [-0.2, 0) is 15.0 Å². The second kappa shape index (κ2) is 6.81. The van der Waals surface area contributed by atoms with Crippen molar-refractivity contribution in [2.75, 3.05) is 38.0 Å². The highest BCUT2D eigenvalue weighted by molar-refractivity contribution is 5.81. The van der Waals surface area contributed by atoms with Gasteiger partial charge in [0.2, 0.25) is 12.3 Å². The van der Waals surface area contributed by atoms with Gasteiger partial charge in [0.25, 0.3) is 0 Å². The van der Waals surface area contributed by atoms with E-state index in [0.717, 1.165) is 12.1 Å². The lowest BCUT2D eigenvalue weighted by atomic mass is 9.87. The predicted molar refractivity (Wildman–Crippen MR) is 87.8 cm³/mol. The summed E-state index contributed by atoms with van der Waals surface area (Å²) in [6, 6.07) is 8.21. The average molecular weight is 303 g/mol. The lowest BCUT2D eigenvalue weighted by Gasteiger charge is -2.32. The van der Waals surface area contributed by atoms with Gasteiger partial charge in [-0.05, 0) is 23.1 Å². The molecule has 2 amide bonds. The van der Waals surface area contributed by atoms with Crippen molar-refractivity contribution in [1.82, 2.24) is 9.80 Å². The van der Waals surface area contributed by atoms with E-state index in [2.05, 4.69) is 38.2 Å². The number of nitrogens with one attached hydrogen (secondary N) is 1. The first-order chi connectivity index (χ1) is 10.4. The number of benzene rings is 1. The topological polar surface area (TPSA) is 52.7 Å². The summed E-state index contributed by atoms with van der Waals surface area (Å²) >= 11 is 0. The minimum atomic E-state index is 0.0745. The van der Waals surface area contributed by atoms with Gasteiger partial charge in [-0.15, -0.1) is 0 Å². The van der Waals surface area contributed by atoms with Gasteiger partial charge in [0.05, 0.1) is 6.54 Å². The Balaban J connectivity index is 1.83. The van der Waals surface area contributed by atoms with Gasteiger partial charge in [0.1, 0.15) is 0 Å². The van der Waals surface area contributed by atoms with Crippen molar-refractivity contribution in [1.29, 1.82) is 0 Å². The molecule has 0 aliphatic carbocycles. The van der Waals surface area contributed by atoms with E-state index in [1.54, 1.807) is 9.80 Å². The van der Waals surface area contributed by atoms with Crippen molar-refractivity contribution < 1.29 is 9.59 Å². The molecule has 5 nitrogen and oxygen atoms in total. The Morgan fingerprint density at radius 1 is 1.14 bits per heavy atom. The van der Waals surface area contributed by atoms with Crippen LogP contribution in [0.4, 0.5) is 5.69 Å². The summed E-state index contributed by atoms with van der Waals surface area (Å²) in [7, 11) is 0. The molecule has 1 aliphatic heterocycles. The van der Waals surface area contributed by atoms with E-state index in [1.807, 2.05) is 12.1 Å². The van der Waals surface area contributed by atoms with Crippen LogP contribution in [0, 0.1) is 0 Å². The highest BCUT2D eigenvalue weighted by atomic mass is 16.2. The summed E-state index contributed by atoms with van der Waals surface area (Å²) in [6.07, 6.45) is 0.844. The smallest absolute Gasteiger partial charge is 0.241 e. The quantitative estimate of drug-likeness (QED) is 0.861. The number of carbonyl (C=O) groups excluding carboxylic acids is 2. The van der Waals surface area contributed by atoms with Crippen LogP contribution in [0.2, 0.25) is 0 Å². The highest BCUT2D eigenvalue weighted by Gasteiger charge is 2.19. The first-order valence-electron chi connectivity index (χ1n) is 7.72. The molecular formula is C17H25N3O2. The minimum absolute atomic E-state index is 0.0745. The van der Waals surface area contributed by atoms with Crippen molar-refractivity contribution in [2.45, 2.75) is 26.2 Å². The molecule has 0 aromatic heterocycles.